The molecule has 1 aromatic heterocycles. The van der Waals surface area contributed by atoms with Crippen molar-refractivity contribution in [2.75, 3.05) is 7.11 Å². The Labute approximate surface area is 195 Å². The number of nitriles is 1. The van der Waals surface area contributed by atoms with E-state index in [2.05, 4.69) is 19.9 Å². The first-order chi connectivity index (χ1) is 12.3. The Balaban J connectivity index is 0.00000364. The predicted molar refractivity (Wildman–Crippen MR) is 82.1 cm³/mol. The molecule has 0 radical (unpaired) electrons. The maximum Gasteiger partial charge on any atom is 1.00 e. The average molecular weight is 397 g/mol. The molecule has 1 N–H and O–H groups in total. The van der Waals surface area contributed by atoms with Crippen molar-refractivity contribution in [2.45, 2.75) is 12.8 Å². The van der Waals surface area contributed by atoms with Gasteiger partial charge in [0.15, 0.2) is 11.7 Å². The normalized spacial score (nSPS) is 12.2. The maximum atomic E-state index is 11.6. The van der Waals surface area contributed by atoms with Gasteiger partial charge in [0, 0.05) is 17.2 Å². The van der Waals surface area contributed by atoms with E-state index >= 15 is 0 Å². The van der Waals surface area contributed by atoms with Gasteiger partial charge in [0.05, 0.1) is 30.0 Å². The molecule has 2 unspecified atom stereocenters. The van der Waals surface area contributed by atoms with Crippen molar-refractivity contribution in [3.8, 4) is 17.5 Å². The molecule has 0 amide bonds. The second-order valence-corrected chi connectivity index (χ2v) is 5.23. The number of carboxylic acid groups (broad SMARTS) is 1. The number of aromatic nitrogens is 3. The topological polar surface area (TPSA) is 175 Å². The van der Waals surface area contributed by atoms with E-state index in [-0.39, 0.29) is 74.3 Å². The zero-order valence-corrected chi connectivity index (χ0v) is 17.7. The van der Waals surface area contributed by atoms with Crippen LogP contribution in [0.2, 0.25) is 0 Å². The van der Waals surface area contributed by atoms with Crippen LogP contribution in [0.4, 0.5) is 5.69 Å². The Morgan fingerprint density at radius 1 is 1.41 bits per heavy atom. The van der Waals surface area contributed by atoms with Gasteiger partial charge in [0.2, 0.25) is 0 Å². The molecule has 2 aromatic rings. The van der Waals surface area contributed by atoms with Crippen molar-refractivity contribution in [1.29, 1.82) is 5.26 Å². The van der Waals surface area contributed by atoms with Crippen molar-refractivity contribution in [1.82, 2.24) is 15.2 Å². The van der Waals surface area contributed by atoms with Gasteiger partial charge in [-0.3, -0.25) is 20.0 Å². The summed E-state index contributed by atoms with van der Waals surface area (Å²) in [6.07, 6.45) is 0. The average Bonchev–Trinajstić information content (AvgIpc) is 3.07. The molecule has 1 aromatic carbocycles. The second-order valence-electron chi connectivity index (χ2n) is 5.23. The first-order valence-corrected chi connectivity index (χ1v) is 7.16. The number of nitro groups is 1. The van der Waals surface area contributed by atoms with Crippen LogP contribution >= 0.6 is 0 Å². The number of hydrogen-bond donors (Lipinski definition) is 1. The van der Waals surface area contributed by atoms with Crippen LogP contribution in [0.5, 0.6) is 0 Å². The smallest absolute Gasteiger partial charge is 0.549 e. The number of benzene rings is 1. The van der Waals surface area contributed by atoms with Gasteiger partial charge in [0.25, 0.3) is 5.69 Å². The van der Waals surface area contributed by atoms with Gasteiger partial charge in [-0.25, -0.2) is 4.98 Å². The van der Waals surface area contributed by atoms with Crippen LogP contribution < -0.4 is 56.5 Å². The van der Waals surface area contributed by atoms with E-state index in [0.717, 1.165) is 7.11 Å². The summed E-state index contributed by atoms with van der Waals surface area (Å²) < 4.78 is 4.41. The Morgan fingerprint density at radius 2 is 2.07 bits per heavy atom. The fourth-order valence-electron chi connectivity index (χ4n) is 2.28. The molecule has 0 saturated carbocycles. The minimum atomic E-state index is -1.74. The molecule has 11 nitrogen and oxygen atoms in total. The number of rotatable bonds is 6. The van der Waals surface area contributed by atoms with Crippen LogP contribution in [-0.4, -0.2) is 39.2 Å². The maximum absolute atomic E-state index is 11.6. The number of aliphatic carboxylic acids is 1. The molecular formula is C15H12KN5O6. The Kier molecular flexibility index (Phi) is 8.19. The molecule has 12 heteroatoms. The molecular weight excluding hydrogens is 385 g/mol. The number of H-pyrrole nitrogens is 1. The number of nitrogens with zero attached hydrogens (tertiary/aromatic N) is 4. The van der Waals surface area contributed by atoms with Gasteiger partial charge in [-0.1, -0.05) is 12.1 Å². The monoisotopic (exact) mass is 397 g/mol. The molecule has 2 atom stereocenters. The van der Waals surface area contributed by atoms with Gasteiger partial charge >= 0.3 is 57.4 Å². The Bertz CT molecular complexity index is 922. The summed E-state index contributed by atoms with van der Waals surface area (Å²) >= 11 is 0. The van der Waals surface area contributed by atoms with Crippen molar-refractivity contribution >= 4 is 17.6 Å². The number of esters is 1. The third kappa shape index (κ3) is 4.96. The first kappa shape index (κ1) is 22.9. The molecule has 0 aliphatic carbocycles. The third-order valence-corrected chi connectivity index (χ3v) is 3.64. The molecule has 1 heterocycles. The third-order valence-electron chi connectivity index (χ3n) is 3.64. The fourth-order valence-corrected chi connectivity index (χ4v) is 2.28. The molecule has 0 aliphatic rings. The van der Waals surface area contributed by atoms with Crippen molar-refractivity contribution in [3.05, 3.63) is 39.7 Å². The van der Waals surface area contributed by atoms with E-state index in [1.54, 1.807) is 13.0 Å². The molecule has 0 saturated heterocycles. The second kappa shape index (κ2) is 9.67. The van der Waals surface area contributed by atoms with E-state index < -0.39 is 28.7 Å². The van der Waals surface area contributed by atoms with Crippen LogP contribution in [0.3, 0.4) is 0 Å². The SMILES string of the molecule is COC(=O)C(C#N)C(C(=O)[O-])c1nc(-c2ccc(C)c([N+](=O)[O-])c2)n[nH]1.[K+]. The standard InChI is InChI=1S/C15H13N5O6.K/c1-7-3-4-8(5-10(7)20(24)25)12-17-13(19-18-12)11(14(21)22)9(6-16)15(23)26-2;/h3-5,9,11H,1-2H3,(H,21,22)(H,17,18,19);/q;+1/p-1. The molecule has 0 bridgehead atoms. The number of carboxylic acids is 1. The van der Waals surface area contributed by atoms with E-state index in [0.29, 0.717) is 5.56 Å². The summed E-state index contributed by atoms with van der Waals surface area (Å²) in [5.74, 6) is -6.56. The van der Waals surface area contributed by atoms with E-state index in [1.165, 1.54) is 18.2 Å². The minimum Gasteiger partial charge on any atom is -0.549 e. The van der Waals surface area contributed by atoms with E-state index in [1.807, 2.05) is 0 Å². The molecule has 0 spiro atoms. The van der Waals surface area contributed by atoms with Gasteiger partial charge < -0.3 is 14.6 Å². The summed E-state index contributed by atoms with van der Waals surface area (Å²) in [4.78, 5) is 37.4. The number of carbonyl (C=O) groups is 2. The van der Waals surface area contributed by atoms with Crippen LogP contribution in [0.25, 0.3) is 11.4 Å². The fraction of sp³-hybridized carbons (Fsp3) is 0.267. The number of carbonyl (C=O) groups excluding carboxylic acids is 2. The quantitative estimate of drug-likeness (QED) is 0.228. The number of aromatic amines is 1. The molecule has 2 rings (SSSR count). The summed E-state index contributed by atoms with van der Waals surface area (Å²) in [6.45, 7) is 1.56. The van der Waals surface area contributed by atoms with Crippen LogP contribution in [-0.2, 0) is 14.3 Å². The number of nitrogens with one attached hydrogen (secondary N) is 1. The number of aryl methyl sites for hydroxylation is 1. The van der Waals surface area contributed by atoms with Gasteiger partial charge in [-0.05, 0) is 6.92 Å². The van der Waals surface area contributed by atoms with Gasteiger partial charge in [-0.15, -0.1) is 0 Å². The van der Waals surface area contributed by atoms with Crippen LogP contribution in [0, 0.1) is 34.3 Å². The summed E-state index contributed by atoms with van der Waals surface area (Å²) in [5.41, 5.74) is 0.528. The van der Waals surface area contributed by atoms with Gasteiger partial charge in [0.1, 0.15) is 5.82 Å². The number of nitro benzene ring substituents is 1. The Morgan fingerprint density at radius 3 is 2.59 bits per heavy atom. The number of hydrogen-bond acceptors (Lipinski definition) is 9. The zero-order valence-electron chi connectivity index (χ0n) is 14.6. The molecule has 27 heavy (non-hydrogen) atoms. The largest absolute Gasteiger partial charge is 1.00 e. The minimum absolute atomic E-state index is 0. The first-order valence-electron chi connectivity index (χ1n) is 7.16. The van der Waals surface area contributed by atoms with Gasteiger partial charge in [-0.2, -0.15) is 10.4 Å². The number of ether oxygens (including phenoxy) is 1. The predicted octanol–water partition coefficient (Wildman–Crippen LogP) is -3.16. The summed E-state index contributed by atoms with van der Waals surface area (Å²) in [7, 11) is 1.01. The zero-order chi connectivity index (χ0) is 19.4. The summed E-state index contributed by atoms with van der Waals surface area (Å²) in [6, 6.07) is 5.79. The van der Waals surface area contributed by atoms with Crippen molar-refractivity contribution < 1.29 is 75.7 Å². The Hall–Kier alpha value is -2.17. The van der Waals surface area contributed by atoms with Crippen molar-refractivity contribution in [3.63, 3.8) is 0 Å². The molecule has 134 valence electrons. The molecule has 0 aliphatic heterocycles. The van der Waals surface area contributed by atoms with E-state index in [4.69, 9.17) is 5.26 Å². The number of methoxy groups -OCH3 is 1. The van der Waals surface area contributed by atoms with Crippen LogP contribution in [0.1, 0.15) is 17.3 Å². The van der Waals surface area contributed by atoms with Crippen molar-refractivity contribution in [2.24, 2.45) is 5.92 Å². The van der Waals surface area contributed by atoms with Crippen LogP contribution in [0.15, 0.2) is 18.2 Å². The summed E-state index contributed by atoms with van der Waals surface area (Å²) in [5, 5.41) is 37.7. The molecule has 0 fully saturated rings. The van der Waals surface area contributed by atoms with E-state index in [9.17, 15) is 24.8 Å².